The number of hydrogen-bond donors (Lipinski definition) is 1. The lowest BCUT2D eigenvalue weighted by Gasteiger charge is -2.33. The zero-order chi connectivity index (χ0) is 10.6. The van der Waals surface area contributed by atoms with Gasteiger partial charge in [0.15, 0.2) is 0 Å². The van der Waals surface area contributed by atoms with Crippen LogP contribution in [0.1, 0.15) is 39.5 Å². The molecule has 0 bridgehead atoms. The van der Waals surface area contributed by atoms with Gasteiger partial charge in [-0.3, -0.25) is 0 Å². The van der Waals surface area contributed by atoms with E-state index >= 15 is 0 Å². The summed E-state index contributed by atoms with van der Waals surface area (Å²) in [4.78, 5) is 2.29. The topological polar surface area (TPSA) is 15.3 Å². The standard InChI is InChI=1S/C12H26N2/c1-10(2)8-12(9-14(3)4)13-11-6-5-7-11/h10-13H,5-9H2,1-4H3. The van der Waals surface area contributed by atoms with E-state index in [2.05, 4.69) is 38.2 Å². The third kappa shape index (κ3) is 4.43. The fourth-order valence-corrected chi connectivity index (χ4v) is 2.11. The predicted molar refractivity (Wildman–Crippen MR) is 62.6 cm³/mol. The van der Waals surface area contributed by atoms with Crippen molar-refractivity contribution in [2.45, 2.75) is 51.6 Å². The van der Waals surface area contributed by atoms with Gasteiger partial charge in [-0.15, -0.1) is 0 Å². The van der Waals surface area contributed by atoms with Crippen LogP contribution in [0, 0.1) is 5.92 Å². The van der Waals surface area contributed by atoms with Crippen LogP contribution in [0.4, 0.5) is 0 Å². The van der Waals surface area contributed by atoms with Gasteiger partial charge in [-0.1, -0.05) is 20.3 Å². The predicted octanol–water partition coefficient (Wildman–Crippen LogP) is 2.10. The normalized spacial score (nSPS) is 20.1. The zero-order valence-electron chi connectivity index (χ0n) is 10.2. The molecule has 1 saturated carbocycles. The summed E-state index contributed by atoms with van der Waals surface area (Å²) in [5.41, 5.74) is 0. The second-order valence-corrected chi connectivity index (χ2v) is 5.38. The fourth-order valence-electron chi connectivity index (χ4n) is 2.11. The molecule has 1 N–H and O–H groups in total. The van der Waals surface area contributed by atoms with E-state index in [1.165, 1.54) is 32.2 Å². The molecule has 1 fully saturated rings. The number of nitrogens with zero attached hydrogens (tertiary/aromatic N) is 1. The van der Waals surface area contributed by atoms with Gasteiger partial charge in [0.25, 0.3) is 0 Å². The summed E-state index contributed by atoms with van der Waals surface area (Å²) in [6, 6.07) is 1.51. The Morgan fingerprint density at radius 3 is 2.29 bits per heavy atom. The van der Waals surface area contributed by atoms with Crippen molar-refractivity contribution in [3.05, 3.63) is 0 Å². The van der Waals surface area contributed by atoms with Crippen LogP contribution in [0.15, 0.2) is 0 Å². The largest absolute Gasteiger partial charge is 0.310 e. The molecule has 2 nitrogen and oxygen atoms in total. The van der Waals surface area contributed by atoms with Gasteiger partial charge in [0, 0.05) is 18.6 Å². The Labute approximate surface area is 89.1 Å². The Hall–Kier alpha value is -0.0800. The van der Waals surface area contributed by atoms with Crippen LogP contribution in [0.5, 0.6) is 0 Å². The molecule has 1 unspecified atom stereocenters. The number of likely N-dealkylation sites (N-methyl/N-ethyl adjacent to an activating group) is 1. The summed E-state index contributed by atoms with van der Waals surface area (Å²) in [7, 11) is 4.32. The first-order chi connectivity index (χ1) is 6.58. The minimum atomic E-state index is 0.690. The minimum absolute atomic E-state index is 0.690. The zero-order valence-corrected chi connectivity index (χ0v) is 10.2. The van der Waals surface area contributed by atoms with E-state index < -0.39 is 0 Å². The van der Waals surface area contributed by atoms with Crippen LogP contribution in [0.25, 0.3) is 0 Å². The number of hydrogen-bond acceptors (Lipinski definition) is 2. The maximum atomic E-state index is 3.77. The van der Waals surface area contributed by atoms with Gasteiger partial charge in [-0.25, -0.2) is 0 Å². The maximum Gasteiger partial charge on any atom is 0.0199 e. The quantitative estimate of drug-likeness (QED) is 0.703. The molecule has 14 heavy (non-hydrogen) atoms. The van der Waals surface area contributed by atoms with E-state index in [1.807, 2.05) is 0 Å². The smallest absolute Gasteiger partial charge is 0.0199 e. The summed E-state index contributed by atoms with van der Waals surface area (Å²) in [5.74, 6) is 0.799. The molecule has 0 aromatic carbocycles. The lowest BCUT2D eigenvalue weighted by Crippen LogP contribution is -2.47. The second-order valence-electron chi connectivity index (χ2n) is 5.38. The molecule has 1 atom stereocenters. The highest BCUT2D eigenvalue weighted by Gasteiger charge is 2.21. The lowest BCUT2D eigenvalue weighted by atomic mass is 9.91. The van der Waals surface area contributed by atoms with Crippen molar-refractivity contribution in [1.82, 2.24) is 10.2 Å². The van der Waals surface area contributed by atoms with E-state index in [4.69, 9.17) is 0 Å². The third-order valence-corrected chi connectivity index (χ3v) is 2.92. The molecule has 0 heterocycles. The highest BCUT2D eigenvalue weighted by Crippen LogP contribution is 2.20. The summed E-state index contributed by atoms with van der Waals surface area (Å²) in [6.45, 7) is 5.80. The Balaban J connectivity index is 2.26. The average molecular weight is 198 g/mol. The van der Waals surface area contributed by atoms with Crippen LogP contribution < -0.4 is 5.32 Å². The van der Waals surface area contributed by atoms with Gasteiger partial charge in [0.1, 0.15) is 0 Å². The van der Waals surface area contributed by atoms with E-state index in [9.17, 15) is 0 Å². The second kappa shape index (κ2) is 5.72. The molecule has 0 spiro atoms. The summed E-state index contributed by atoms with van der Waals surface area (Å²) in [6.07, 6.45) is 5.51. The molecule has 0 amide bonds. The molecule has 84 valence electrons. The van der Waals surface area contributed by atoms with Crippen molar-refractivity contribution in [1.29, 1.82) is 0 Å². The first-order valence-electron chi connectivity index (χ1n) is 5.98. The Bertz CT molecular complexity index is 140. The van der Waals surface area contributed by atoms with Crippen molar-refractivity contribution in [3.8, 4) is 0 Å². The molecule has 0 saturated heterocycles. The highest BCUT2D eigenvalue weighted by atomic mass is 15.1. The number of rotatable bonds is 6. The van der Waals surface area contributed by atoms with Crippen molar-refractivity contribution >= 4 is 0 Å². The maximum absolute atomic E-state index is 3.77. The van der Waals surface area contributed by atoms with Gasteiger partial charge < -0.3 is 10.2 Å². The fraction of sp³-hybridized carbons (Fsp3) is 1.00. The van der Waals surface area contributed by atoms with Crippen molar-refractivity contribution < 1.29 is 0 Å². The summed E-state index contributed by atoms with van der Waals surface area (Å²) >= 11 is 0. The minimum Gasteiger partial charge on any atom is -0.310 e. The summed E-state index contributed by atoms with van der Waals surface area (Å²) in [5, 5.41) is 3.77. The van der Waals surface area contributed by atoms with Crippen molar-refractivity contribution in [3.63, 3.8) is 0 Å². The van der Waals surface area contributed by atoms with Crippen LogP contribution >= 0.6 is 0 Å². The van der Waals surface area contributed by atoms with Gasteiger partial charge in [-0.2, -0.15) is 0 Å². The van der Waals surface area contributed by atoms with Crippen LogP contribution in [0.3, 0.4) is 0 Å². The van der Waals surface area contributed by atoms with Crippen molar-refractivity contribution in [2.75, 3.05) is 20.6 Å². The first-order valence-corrected chi connectivity index (χ1v) is 5.98. The van der Waals surface area contributed by atoms with Crippen LogP contribution in [0.2, 0.25) is 0 Å². The van der Waals surface area contributed by atoms with Crippen LogP contribution in [-0.2, 0) is 0 Å². The lowest BCUT2D eigenvalue weighted by molar-refractivity contribution is 0.242. The molecule has 2 heteroatoms. The van der Waals surface area contributed by atoms with Crippen molar-refractivity contribution in [2.24, 2.45) is 5.92 Å². The molecule has 0 aromatic heterocycles. The van der Waals surface area contributed by atoms with Gasteiger partial charge in [0.2, 0.25) is 0 Å². The first kappa shape index (κ1) is 12.0. The number of nitrogens with one attached hydrogen (secondary N) is 1. The van der Waals surface area contributed by atoms with E-state index in [-0.39, 0.29) is 0 Å². The molecular weight excluding hydrogens is 172 g/mol. The summed E-state index contributed by atoms with van der Waals surface area (Å²) < 4.78 is 0. The van der Waals surface area contributed by atoms with Gasteiger partial charge >= 0.3 is 0 Å². The van der Waals surface area contributed by atoms with E-state index in [1.54, 1.807) is 0 Å². The molecule has 1 aliphatic rings. The monoisotopic (exact) mass is 198 g/mol. The van der Waals surface area contributed by atoms with Crippen LogP contribution in [-0.4, -0.2) is 37.6 Å². The Morgan fingerprint density at radius 2 is 1.93 bits per heavy atom. The third-order valence-electron chi connectivity index (χ3n) is 2.92. The van der Waals surface area contributed by atoms with E-state index in [0.717, 1.165) is 12.0 Å². The molecule has 0 aliphatic heterocycles. The molecule has 1 aliphatic carbocycles. The average Bonchev–Trinajstić information content (AvgIpc) is 1.94. The molecule has 0 aromatic rings. The Morgan fingerprint density at radius 1 is 1.29 bits per heavy atom. The van der Waals surface area contributed by atoms with Gasteiger partial charge in [0.05, 0.1) is 0 Å². The molecular formula is C12H26N2. The molecule has 1 rings (SSSR count). The molecule has 0 radical (unpaired) electrons. The van der Waals surface area contributed by atoms with E-state index in [0.29, 0.717) is 6.04 Å². The van der Waals surface area contributed by atoms with Gasteiger partial charge in [-0.05, 0) is 39.3 Å². The SMILES string of the molecule is CC(C)CC(CN(C)C)NC1CCC1. The Kier molecular flexibility index (Phi) is 4.90. The highest BCUT2D eigenvalue weighted by molar-refractivity contribution is 4.82.